The highest BCUT2D eigenvalue weighted by atomic mass is 32.2. The number of sulfonamides is 1. The maximum atomic E-state index is 12.2. The van der Waals surface area contributed by atoms with Gasteiger partial charge in [0.1, 0.15) is 4.90 Å². The van der Waals surface area contributed by atoms with E-state index in [4.69, 9.17) is 0 Å². The first-order chi connectivity index (χ1) is 9.31. The predicted octanol–water partition coefficient (Wildman–Crippen LogP) is 1.73. The van der Waals surface area contributed by atoms with Gasteiger partial charge < -0.3 is 0 Å². The van der Waals surface area contributed by atoms with Crippen molar-refractivity contribution < 1.29 is 13.2 Å². The zero-order valence-corrected chi connectivity index (χ0v) is 12.2. The molecular weight excluding hydrogens is 278 g/mol. The quantitative estimate of drug-likeness (QED) is 0.870. The van der Waals surface area contributed by atoms with Gasteiger partial charge in [0, 0.05) is 18.3 Å². The van der Waals surface area contributed by atoms with Crippen LogP contribution in [0, 0.1) is 6.92 Å². The lowest BCUT2D eigenvalue weighted by atomic mass is 10.1. The Morgan fingerprint density at radius 1 is 1.25 bits per heavy atom. The lowest BCUT2D eigenvalue weighted by Crippen LogP contribution is -2.14. The van der Waals surface area contributed by atoms with E-state index >= 15 is 0 Å². The van der Waals surface area contributed by atoms with E-state index in [1.54, 1.807) is 38.2 Å². The number of aromatic nitrogens is 2. The highest BCUT2D eigenvalue weighted by Gasteiger charge is 2.20. The molecule has 6 nitrogen and oxygen atoms in total. The number of carbonyl (C=O) groups excluding carboxylic acids is 1. The summed E-state index contributed by atoms with van der Waals surface area (Å²) < 4.78 is 28.4. The lowest BCUT2D eigenvalue weighted by molar-refractivity contribution is 0.101. The Kier molecular flexibility index (Phi) is 3.63. The van der Waals surface area contributed by atoms with Gasteiger partial charge in [0.05, 0.1) is 11.9 Å². The molecule has 1 aromatic carbocycles. The number of hydrogen-bond donors (Lipinski definition) is 1. The van der Waals surface area contributed by atoms with Gasteiger partial charge >= 0.3 is 0 Å². The number of rotatable bonds is 4. The van der Waals surface area contributed by atoms with Crippen molar-refractivity contribution in [2.24, 2.45) is 7.05 Å². The smallest absolute Gasteiger partial charge is 0.265 e. The van der Waals surface area contributed by atoms with Gasteiger partial charge in [-0.3, -0.25) is 14.2 Å². The van der Waals surface area contributed by atoms with Crippen molar-refractivity contribution in [2.45, 2.75) is 18.7 Å². The fourth-order valence-electron chi connectivity index (χ4n) is 1.73. The first-order valence-electron chi connectivity index (χ1n) is 5.93. The van der Waals surface area contributed by atoms with Crippen LogP contribution in [0.25, 0.3) is 0 Å². The largest absolute Gasteiger partial charge is 0.295 e. The van der Waals surface area contributed by atoms with Crippen molar-refractivity contribution in [2.75, 3.05) is 4.72 Å². The molecule has 0 amide bonds. The standard InChI is InChI=1S/C13H15N3O3S/c1-9-13(8-14-16(9)3)20(18,19)15-12-6-4-11(5-7-12)10(2)17/h4-8,15H,1-3H3. The summed E-state index contributed by atoms with van der Waals surface area (Å²) in [4.78, 5) is 11.3. The Hall–Kier alpha value is -2.15. The van der Waals surface area contributed by atoms with Crippen LogP contribution in [0.15, 0.2) is 35.4 Å². The van der Waals surface area contributed by atoms with Crippen LogP contribution in [0.1, 0.15) is 23.0 Å². The second kappa shape index (κ2) is 5.09. The SMILES string of the molecule is CC(=O)c1ccc(NS(=O)(=O)c2cnn(C)c2C)cc1. The Morgan fingerprint density at radius 2 is 1.85 bits per heavy atom. The van der Waals surface area contributed by atoms with Crippen LogP contribution in [0.2, 0.25) is 0 Å². The second-order valence-electron chi connectivity index (χ2n) is 4.46. The van der Waals surface area contributed by atoms with E-state index in [-0.39, 0.29) is 10.7 Å². The minimum absolute atomic E-state index is 0.0671. The molecule has 0 aliphatic carbocycles. The highest BCUT2D eigenvalue weighted by molar-refractivity contribution is 7.92. The van der Waals surface area contributed by atoms with Crippen LogP contribution in [-0.2, 0) is 17.1 Å². The number of ketones is 1. The van der Waals surface area contributed by atoms with Gasteiger partial charge in [0.2, 0.25) is 0 Å². The first kappa shape index (κ1) is 14.3. The number of nitrogens with one attached hydrogen (secondary N) is 1. The molecule has 20 heavy (non-hydrogen) atoms. The van der Waals surface area contributed by atoms with E-state index in [1.807, 2.05) is 0 Å². The Bertz CT molecular complexity index is 746. The average Bonchev–Trinajstić information content (AvgIpc) is 2.71. The van der Waals surface area contributed by atoms with E-state index in [0.29, 0.717) is 16.9 Å². The van der Waals surface area contributed by atoms with E-state index in [2.05, 4.69) is 9.82 Å². The summed E-state index contributed by atoms with van der Waals surface area (Å²) in [6.45, 7) is 3.14. The summed E-state index contributed by atoms with van der Waals surface area (Å²) >= 11 is 0. The first-order valence-corrected chi connectivity index (χ1v) is 7.42. The molecule has 0 unspecified atom stereocenters. The number of carbonyl (C=O) groups is 1. The van der Waals surface area contributed by atoms with Gasteiger partial charge in [-0.25, -0.2) is 8.42 Å². The molecule has 106 valence electrons. The number of hydrogen-bond acceptors (Lipinski definition) is 4. The minimum Gasteiger partial charge on any atom is -0.295 e. The van der Waals surface area contributed by atoms with Gasteiger partial charge in [-0.2, -0.15) is 5.10 Å². The summed E-state index contributed by atoms with van der Waals surface area (Å²) in [5.74, 6) is -0.0671. The minimum atomic E-state index is -3.67. The van der Waals surface area contributed by atoms with Crippen molar-refractivity contribution >= 4 is 21.5 Å². The van der Waals surface area contributed by atoms with Crippen molar-refractivity contribution in [3.63, 3.8) is 0 Å². The molecule has 2 rings (SSSR count). The molecule has 0 fully saturated rings. The number of nitrogens with zero attached hydrogens (tertiary/aromatic N) is 2. The topological polar surface area (TPSA) is 81.1 Å². The van der Waals surface area contributed by atoms with Crippen molar-refractivity contribution in [1.82, 2.24) is 9.78 Å². The molecule has 0 aliphatic heterocycles. The van der Waals surface area contributed by atoms with Crippen molar-refractivity contribution in [3.8, 4) is 0 Å². The molecule has 0 atom stereocenters. The average molecular weight is 293 g/mol. The number of benzene rings is 1. The number of anilines is 1. The number of Topliss-reactive ketones (excluding diaryl/α,β-unsaturated/α-hetero) is 1. The fourth-order valence-corrected chi connectivity index (χ4v) is 2.99. The molecule has 2 aromatic rings. The normalized spacial score (nSPS) is 11.3. The molecule has 0 saturated carbocycles. The monoisotopic (exact) mass is 293 g/mol. The van der Waals surface area contributed by atoms with Crippen LogP contribution < -0.4 is 4.72 Å². The molecule has 0 saturated heterocycles. The third kappa shape index (κ3) is 2.72. The van der Waals surface area contributed by atoms with Gasteiger partial charge in [-0.15, -0.1) is 0 Å². The van der Waals surface area contributed by atoms with Crippen molar-refractivity contribution in [3.05, 3.63) is 41.7 Å². The molecule has 0 spiro atoms. The van der Waals surface area contributed by atoms with Gasteiger partial charge in [-0.05, 0) is 38.1 Å². The molecule has 7 heteroatoms. The van der Waals surface area contributed by atoms with E-state index in [0.717, 1.165) is 0 Å². The fraction of sp³-hybridized carbons (Fsp3) is 0.231. The van der Waals surface area contributed by atoms with Crippen LogP contribution >= 0.6 is 0 Å². The molecular formula is C13H15N3O3S. The molecule has 1 N–H and O–H groups in total. The van der Waals surface area contributed by atoms with E-state index in [9.17, 15) is 13.2 Å². The zero-order chi connectivity index (χ0) is 14.9. The van der Waals surface area contributed by atoms with Crippen LogP contribution in [0.3, 0.4) is 0 Å². The maximum Gasteiger partial charge on any atom is 0.265 e. The highest BCUT2D eigenvalue weighted by Crippen LogP contribution is 2.19. The summed E-state index contributed by atoms with van der Waals surface area (Å²) in [6.07, 6.45) is 1.31. The molecule has 0 radical (unpaired) electrons. The van der Waals surface area contributed by atoms with Crippen LogP contribution in [0.4, 0.5) is 5.69 Å². The third-order valence-corrected chi connectivity index (χ3v) is 4.51. The predicted molar refractivity (Wildman–Crippen MR) is 75.2 cm³/mol. The van der Waals surface area contributed by atoms with Gasteiger partial charge in [0.15, 0.2) is 5.78 Å². The third-order valence-electron chi connectivity index (χ3n) is 3.02. The number of aryl methyl sites for hydroxylation is 1. The zero-order valence-electron chi connectivity index (χ0n) is 11.4. The van der Waals surface area contributed by atoms with E-state index < -0.39 is 10.0 Å². The molecule has 1 heterocycles. The summed E-state index contributed by atoms with van der Waals surface area (Å²) in [5, 5.41) is 3.91. The second-order valence-corrected chi connectivity index (χ2v) is 6.11. The molecule has 1 aromatic heterocycles. The molecule has 0 aliphatic rings. The molecule has 0 bridgehead atoms. The van der Waals surface area contributed by atoms with Crippen LogP contribution in [0.5, 0.6) is 0 Å². The van der Waals surface area contributed by atoms with Crippen LogP contribution in [-0.4, -0.2) is 24.0 Å². The van der Waals surface area contributed by atoms with Gasteiger partial charge in [0.25, 0.3) is 10.0 Å². The Labute approximate surface area is 117 Å². The lowest BCUT2D eigenvalue weighted by Gasteiger charge is -2.08. The summed E-state index contributed by atoms with van der Waals surface area (Å²) in [5.41, 5.74) is 1.49. The Balaban J connectivity index is 2.29. The van der Waals surface area contributed by atoms with Gasteiger partial charge in [-0.1, -0.05) is 0 Å². The summed E-state index contributed by atoms with van der Waals surface area (Å²) in [7, 11) is -2.00. The maximum absolute atomic E-state index is 12.2. The van der Waals surface area contributed by atoms with Crippen molar-refractivity contribution in [1.29, 1.82) is 0 Å². The van der Waals surface area contributed by atoms with E-state index in [1.165, 1.54) is 17.8 Å². The Morgan fingerprint density at radius 3 is 2.30 bits per heavy atom. The summed E-state index contributed by atoms with van der Waals surface area (Å²) in [6, 6.07) is 6.27.